The zero-order valence-electron chi connectivity index (χ0n) is 22.2. The van der Waals surface area contributed by atoms with Crippen molar-refractivity contribution in [2.75, 3.05) is 13.2 Å². The maximum absolute atomic E-state index is 12.6. The van der Waals surface area contributed by atoms with Crippen molar-refractivity contribution in [3.8, 4) is 5.75 Å². The maximum Gasteiger partial charge on any atom is 0.509 e. The van der Waals surface area contributed by atoms with Crippen LogP contribution >= 0.6 is 0 Å². The second kappa shape index (κ2) is 9.41. The first-order chi connectivity index (χ1) is 18.4. The number of carbonyl (C=O) groups is 3. The smallest absolute Gasteiger partial charge is 0.485 e. The molecule has 202 valence electrons. The van der Waals surface area contributed by atoms with Crippen LogP contribution in [0.5, 0.6) is 5.75 Å². The van der Waals surface area contributed by atoms with Gasteiger partial charge in [0.25, 0.3) is 11.8 Å². The lowest BCUT2D eigenvalue weighted by atomic mass is 9.85. The number of amides is 2. The first-order valence-electron chi connectivity index (χ1n) is 12.6. The molecule has 9 nitrogen and oxygen atoms in total. The molecule has 0 radical (unpaired) electrons. The van der Waals surface area contributed by atoms with Crippen molar-refractivity contribution < 1.29 is 33.0 Å². The molecular formula is C30H29NO8. The predicted octanol–water partition coefficient (Wildman–Crippen LogP) is 4.79. The summed E-state index contributed by atoms with van der Waals surface area (Å²) in [6.45, 7) is 10.7. The number of imide groups is 1. The Labute approximate surface area is 224 Å². The van der Waals surface area contributed by atoms with Crippen LogP contribution in [0.3, 0.4) is 0 Å². The third-order valence-electron chi connectivity index (χ3n) is 7.33. The normalized spacial score (nSPS) is 16.6. The summed E-state index contributed by atoms with van der Waals surface area (Å²) in [7, 11) is 0. The zero-order valence-corrected chi connectivity index (χ0v) is 22.2. The lowest BCUT2D eigenvalue weighted by molar-refractivity contribution is -0.0678. The van der Waals surface area contributed by atoms with E-state index in [2.05, 4.69) is 6.58 Å². The summed E-state index contributed by atoms with van der Waals surface area (Å²) in [4.78, 5) is 51.1. The highest BCUT2D eigenvalue weighted by molar-refractivity contribution is 6.21. The molecule has 0 spiro atoms. The van der Waals surface area contributed by atoms with Gasteiger partial charge in [-0.1, -0.05) is 32.1 Å². The monoisotopic (exact) mass is 531 g/mol. The highest BCUT2D eigenvalue weighted by atomic mass is 16.7. The van der Waals surface area contributed by atoms with Crippen LogP contribution < -0.4 is 10.4 Å². The van der Waals surface area contributed by atoms with Gasteiger partial charge in [-0.3, -0.25) is 14.5 Å². The van der Waals surface area contributed by atoms with Gasteiger partial charge in [-0.2, -0.15) is 0 Å². The van der Waals surface area contributed by atoms with Gasteiger partial charge < -0.3 is 18.6 Å². The van der Waals surface area contributed by atoms with E-state index in [0.29, 0.717) is 34.4 Å². The quantitative estimate of drug-likeness (QED) is 0.185. The Balaban J connectivity index is 1.22. The average molecular weight is 532 g/mol. The van der Waals surface area contributed by atoms with Gasteiger partial charge in [-0.05, 0) is 43.7 Å². The number of ether oxygens (including phenoxy) is 3. The summed E-state index contributed by atoms with van der Waals surface area (Å²) in [6, 6.07) is 11.9. The highest BCUT2D eigenvalue weighted by Gasteiger charge is 2.41. The van der Waals surface area contributed by atoms with Crippen molar-refractivity contribution in [1.29, 1.82) is 0 Å². The second-order valence-electron chi connectivity index (χ2n) is 10.8. The fourth-order valence-electron chi connectivity index (χ4n) is 4.78. The van der Waals surface area contributed by atoms with E-state index in [4.69, 9.17) is 18.6 Å². The molecule has 0 unspecified atom stereocenters. The lowest BCUT2D eigenvalue weighted by Crippen LogP contribution is -2.44. The predicted molar refractivity (Wildman–Crippen MR) is 142 cm³/mol. The van der Waals surface area contributed by atoms with Crippen LogP contribution in [0.2, 0.25) is 0 Å². The number of carbonyl (C=O) groups excluding carboxylic acids is 3. The molecule has 1 atom stereocenters. The Morgan fingerprint density at radius 2 is 1.74 bits per heavy atom. The standard InChI is InChI=1S/C30H29NO8/c1-6-29(2,3)21-14-17-13-18-15-24(37-22(18)16-23(17)38-27(21)34)30(4,5)39-28(35)36-12-11-31-25(32)19-9-7-8-10-20(19)26(31)33/h6-10,13-14,16,24H,1,11-12,15H2,2-5H3/t24-/m0/s1. The summed E-state index contributed by atoms with van der Waals surface area (Å²) in [5.74, 6) is -0.302. The maximum atomic E-state index is 12.6. The second-order valence-corrected chi connectivity index (χ2v) is 10.8. The molecule has 1 aromatic heterocycles. The number of nitrogens with zero attached hydrogens (tertiary/aromatic N) is 1. The molecule has 0 bridgehead atoms. The van der Waals surface area contributed by atoms with Gasteiger partial charge in [-0.25, -0.2) is 9.59 Å². The van der Waals surface area contributed by atoms with Gasteiger partial charge >= 0.3 is 11.8 Å². The van der Waals surface area contributed by atoms with Crippen molar-refractivity contribution in [3.63, 3.8) is 0 Å². The number of hydrogen-bond donors (Lipinski definition) is 0. The van der Waals surface area contributed by atoms with Crippen molar-refractivity contribution in [3.05, 3.63) is 87.8 Å². The third-order valence-corrected chi connectivity index (χ3v) is 7.33. The third kappa shape index (κ3) is 4.69. The van der Waals surface area contributed by atoms with Crippen LogP contribution in [0.25, 0.3) is 11.0 Å². The molecule has 3 heterocycles. The number of hydrogen-bond acceptors (Lipinski definition) is 8. The highest BCUT2D eigenvalue weighted by Crippen LogP contribution is 2.38. The number of rotatable bonds is 7. The van der Waals surface area contributed by atoms with Gasteiger partial charge in [0.05, 0.1) is 17.7 Å². The summed E-state index contributed by atoms with van der Waals surface area (Å²) in [6.07, 6.45) is 0.698. The molecule has 0 fully saturated rings. The molecule has 0 saturated heterocycles. The lowest BCUT2D eigenvalue weighted by Gasteiger charge is -2.30. The van der Waals surface area contributed by atoms with Gasteiger partial charge in [0.2, 0.25) is 0 Å². The first kappa shape index (κ1) is 26.2. The van der Waals surface area contributed by atoms with Crippen LogP contribution in [0, 0.1) is 0 Å². The minimum Gasteiger partial charge on any atom is -0.485 e. The molecule has 0 N–H and O–H groups in total. The fraction of sp³-hybridized carbons (Fsp3) is 0.333. The van der Waals surface area contributed by atoms with Crippen LogP contribution in [-0.4, -0.2) is 47.7 Å². The zero-order chi connectivity index (χ0) is 28.1. The molecule has 0 aliphatic carbocycles. The van der Waals surface area contributed by atoms with Crippen LogP contribution in [-0.2, 0) is 21.3 Å². The molecule has 2 amide bonds. The number of fused-ring (bicyclic) bond motifs is 3. The molecule has 0 saturated carbocycles. The van der Waals surface area contributed by atoms with Crippen molar-refractivity contribution in [2.45, 2.75) is 51.2 Å². The molecule has 39 heavy (non-hydrogen) atoms. The molecule has 9 heteroatoms. The molecular weight excluding hydrogens is 502 g/mol. The Morgan fingerprint density at radius 1 is 1.08 bits per heavy atom. The minimum absolute atomic E-state index is 0.0876. The molecule has 2 aliphatic heterocycles. The number of benzene rings is 2. The topological polar surface area (TPSA) is 112 Å². The Morgan fingerprint density at radius 3 is 2.38 bits per heavy atom. The summed E-state index contributed by atoms with van der Waals surface area (Å²) >= 11 is 0. The van der Waals surface area contributed by atoms with Crippen LogP contribution in [0.1, 0.15) is 59.5 Å². The average Bonchev–Trinajstić information content (AvgIpc) is 3.41. The molecule has 5 rings (SSSR count). The van der Waals surface area contributed by atoms with E-state index in [9.17, 15) is 19.2 Å². The molecule has 2 aromatic carbocycles. The first-order valence-corrected chi connectivity index (χ1v) is 12.6. The summed E-state index contributed by atoms with van der Waals surface area (Å²) in [5.41, 5.74) is 0.390. The van der Waals surface area contributed by atoms with Crippen molar-refractivity contribution in [2.24, 2.45) is 0 Å². The van der Waals surface area contributed by atoms with E-state index in [-0.39, 0.29) is 13.2 Å². The minimum atomic E-state index is -1.07. The Hall–Kier alpha value is -4.40. The molecule has 2 aliphatic rings. The van der Waals surface area contributed by atoms with E-state index in [1.165, 1.54) is 0 Å². The van der Waals surface area contributed by atoms with Crippen molar-refractivity contribution >= 4 is 28.9 Å². The van der Waals surface area contributed by atoms with Gasteiger partial charge in [0.15, 0.2) is 0 Å². The van der Waals surface area contributed by atoms with E-state index in [1.807, 2.05) is 26.0 Å². The number of allylic oxidation sites excluding steroid dienone is 1. The van der Waals surface area contributed by atoms with Crippen molar-refractivity contribution in [1.82, 2.24) is 4.90 Å². The van der Waals surface area contributed by atoms with E-state index in [0.717, 1.165) is 15.8 Å². The van der Waals surface area contributed by atoms with Gasteiger partial charge in [0, 0.05) is 28.9 Å². The SMILES string of the molecule is C=CC(C)(C)c1cc2cc3c(cc2oc1=O)O[C@H](C(C)(C)OC(=O)OCCN1C(=O)c2ccccc2C1=O)C3. The largest absolute Gasteiger partial charge is 0.509 e. The summed E-state index contributed by atoms with van der Waals surface area (Å²) in [5, 5.41) is 0.758. The van der Waals surface area contributed by atoms with E-state index in [1.54, 1.807) is 50.3 Å². The fourth-order valence-corrected chi connectivity index (χ4v) is 4.78. The van der Waals surface area contributed by atoms with Crippen LogP contribution in [0.15, 0.2) is 64.3 Å². The summed E-state index contributed by atoms with van der Waals surface area (Å²) < 4.78 is 22.4. The van der Waals surface area contributed by atoms with Gasteiger partial charge in [0.1, 0.15) is 29.6 Å². The molecule has 3 aromatic rings. The van der Waals surface area contributed by atoms with E-state index >= 15 is 0 Å². The van der Waals surface area contributed by atoms with Crippen LogP contribution in [0.4, 0.5) is 4.79 Å². The van der Waals surface area contributed by atoms with Gasteiger partial charge in [-0.15, -0.1) is 6.58 Å². The Kier molecular flexibility index (Phi) is 6.33. The Bertz CT molecular complexity index is 1550. The van der Waals surface area contributed by atoms with E-state index < -0.39 is 40.7 Å².